The summed E-state index contributed by atoms with van der Waals surface area (Å²) in [6.07, 6.45) is -1.24. The van der Waals surface area contributed by atoms with E-state index >= 15 is 0 Å². The molecule has 0 bridgehead atoms. The summed E-state index contributed by atoms with van der Waals surface area (Å²) in [5.41, 5.74) is 1.83. The molecule has 1 amide bonds. The Morgan fingerprint density at radius 3 is 2.35 bits per heavy atom. The minimum absolute atomic E-state index is 0.323. The zero-order valence-electron chi connectivity index (χ0n) is 18.5. The van der Waals surface area contributed by atoms with Crippen LogP contribution in [0.5, 0.6) is 5.75 Å². The number of aromatic nitrogens is 2. The highest BCUT2D eigenvalue weighted by atomic mass is 35.5. The Kier molecular flexibility index (Phi) is 6.70. The number of hydrogen-bond donors (Lipinski definition) is 1. The lowest BCUT2D eigenvalue weighted by molar-refractivity contribution is -0.155. The van der Waals surface area contributed by atoms with Crippen LogP contribution in [-0.2, 0) is 27.9 Å². The van der Waals surface area contributed by atoms with Crippen LogP contribution < -0.4 is 15.7 Å². The number of rotatable bonds is 7. The highest BCUT2D eigenvalue weighted by Crippen LogP contribution is 2.28. The molecule has 1 atom stereocenters. The van der Waals surface area contributed by atoms with Crippen molar-refractivity contribution in [1.29, 1.82) is 0 Å². The molecule has 0 aliphatic heterocycles. The van der Waals surface area contributed by atoms with Crippen LogP contribution in [0.1, 0.15) is 11.7 Å². The van der Waals surface area contributed by atoms with Crippen LogP contribution in [0.3, 0.4) is 0 Å². The van der Waals surface area contributed by atoms with Gasteiger partial charge < -0.3 is 14.8 Å². The largest absolute Gasteiger partial charge is 0.495 e. The van der Waals surface area contributed by atoms with Crippen molar-refractivity contribution in [3.63, 3.8) is 0 Å². The van der Waals surface area contributed by atoms with Gasteiger partial charge in [0.25, 0.3) is 5.91 Å². The topological polar surface area (TPSA) is 91.6 Å². The van der Waals surface area contributed by atoms with Gasteiger partial charge in [-0.15, -0.1) is 0 Å². The number of halogens is 1. The first kappa shape index (κ1) is 23.1. The molecule has 34 heavy (non-hydrogen) atoms. The second-order valence-corrected chi connectivity index (χ2v) is 7.94. The van der Waals surface area contributed by atoms with Gasteiger partial charge in [0, 0.05) is 18.3 Å². The Labute approximate surface area is 200 Å². The molecule has 0 aliphatic rings. The number of methoxy groups -OCH3 is 1. The molecule has 1 aromatic heterocycles. The van der Waals surface area contributed by atoms with Crippen molar-refractivity contribution in [2.24, 2.45) is 7.05 Å². The number of esters is 1. The molecule has 1 unspecified atom stereocenters. The molecule has 1 heterocycles. The lowest BCUT2D eigenvalue weighted by atomic mass is 10.1. The lowest BCUT2D eigenvalue weighted by Crippen LogP contribution is -2.30. The van der Waals surface area contributed by atoms with Gasteiger partial charge in [-0.1, -0.05) is 54.1 Å². The quantitative estimate of drug-likeness (QED) is 0.405. The molecular weight excluding hydrogens is 458 g/mol. The second-order valence-electron chi connectivity index (χ2n) is 7.54. The predicted octanol–water partition coefficient (Wildman–Crippen LogP) is 3.93. The number of para-hydroxylation sites is 2. The summed E-state index contributed by atoms with van der Waals surface area (Å²) in [5.74, 6) is -0.826. The molecule has 0 aliphatic carbocycles. The van der Waals surface area contributed by atoms with E-state index in [-0.39, 0.29) is 12.2 Å². The number of amides is 1. The molecule has 0 saturated heterocycles. The molecule has 4 rings (SSSR count). The van der Waals surface area contributed by atoms with Crippen LogP contribution in [-0.4, -0.2) is 28.1 Å². The minimum Gasteiger partial charge on any atom is -0.495 e. The molecule has 0 saturated carbocycles. The maximum Gasteiger partial charge on any atom is 0.329 e. The second kappa shape index (κ2) is 9.84. The predicted molar refractivity (Wildman–Crippen MR) is 129 cm³/mol. The number of imidazole rings is 1. The highest BCUT2D eigenvalue weighted by molar-refractivity contribution is 6.32. The van der Waals surface area contributed by atoms with Gasteiger partial charge in [0.1, 0.15) is 12.3 Å². The SMILES string of the molecule is COc1ccc(NC(=O)C(OC(=O)Cn2c(=O)n(C)c3ccccc32)c2ccccc2)cc1Cl. The fourth-order valence-corrected chi connectivity index (χ4v) is 3.92. The zero-order chi connectivity index (χ0) is 24.2. The summed E-state index contributed by atoms with van der Waals surface area (Å²) in [7, 11) is 3.12. The van der Waals surface area contributed by atoms with Crippen LogP contribution >= 0.6 is 11.6 Å². The van der Waals surface area contributed by atoms with E-state index < -0.39 is 18.0 Å². The van der Waals surface area contributed by atoms with Crippen LogP contribution in [0.15, 0.2) is 77.6 Å². The summed E-state index contributed by atoms with van der Waals surface area (Å²) in [6, 6.07) is 20.6. The molecule has 9 heteroatoms. The summed E-state index contributed by atoms with van der Waals surface area (Å²) in [4.78, 5) is 38.7. The third-order valence-electron chi connectivity index (χ3n) is 5.35. The summed E-state index contributed by atoms with van der Waals surface area (Å²) >= 11 is 6.15. The Balaban J connectivity index is 1.58. The fraction of sp³-hybridized carbons (Fsp3) is 0.160. The average Bonchev–Trinajstić information content (AvgIpc) is 3.08. The molecule has 0 fully saturated rings. The maximum atomic E-state index is 13.1. The number of ether oxygens (including phenoxy) is 2. The van der Waals surface area contributed by atoms with Crippen LogP contribution in [0.4, 0.5) is 5.69 Å². The molecule has 0 radical (unpaired) electrons. The summed E-state index contributed by atoms with van der Waals surface area (Å²) in [6.45, 7) is -0.342. The van der Waals surface area contributed by atoms with Gasteiger partial charge in [-0.05, 0) is 30.3 Å². The van der Waals surface area contributed by atoms with Gasteiger partial charge in [-0.3, -0.25) is 18.7 Å². The Morgan fingerprint density at radius 2 is 1.68 bits per heavy atom. The first-order chi connectivity index (χ1) is 16.4. The summed E-state index contributed by atoms with van der Waals surface area (Å²) in [5, 5.41) is 3.04. The normalized spacial score (nSPS) is 11.7. The highest BCUT2D eigenvalue weighted by Gasteiger charge is 2.26. The number of carbonyl (C=O) groups excluding carboxylic acids is 2. The zero-order valence-corrected chi connectivity index (χ0v) is 19.3. The average molecular weight is 480 g/mol. The van der Waals surface area contributed by atoms with Crippen molar-refractivity contribution < 1.29 is 19.1 Å². The maximum absolute atomic E-state index is 13.1. The monoisotopic (exact) mass is 479 g/mol. The number of anilines is 1. The number of aryl methyl sites for hydroxylation is 1. The van der Waals surface area contributed by atoms with Gasteiger partial charge in [0.05, 0.1) is 23.2 Å². The Bertz CT molecular complexity index is 1410. The van der Waals surface area contributed by atoms with Gasteiger partial charge in [-0.25, -0.2) is 4.79 Å². The van der Waals surface area contributed by atoms with E-state index in [0.717, 1.165) is 0 Å². The third-order valence-corrected chi connectivity index (χ3v) is 5.64. The van der Waals surface area contributed by atoms with Crippen LogP contribution in [0.2, 0.25) is 5.02 Å². The van der Waals surface area contributed by atoms with Crippen LogP contribution in [0, 0.1) is 0 Å². The van der Waals surface area contributed by atoms with E-state index in [1.54, 1.807) is 67.7 Å². The fourth-order valence-electron chi connectivity index (χ4n) is 3.67. The van der Waals surface area contributed by atoms with Crippen molar-refractivity contribution in [2.75, 3.05) is 12.4 Å². The Morgan fingerprint density at radius 1 is 1.00 bits per heavy atom. The van der Waals surface area contributed by atoms with Crippen molar-refractivity contribution in [2.45, 2.75) is 12.6 Å². The molecule has 174 valence electrons. The van der Waals surface area contributed by atoms with E-state index in [9.17, 15) is 14.4 Å². The smallest absolute Gasteiger partial charge is 0.329 e. The van der Waals surface area contributed by atoms with E-state index in [4.69, 9.17) is 21.1 Å². The third kappa shape index (κ3) is 4.67. The van der Waals surface area contributed by atoms with Gasteiger partial charge in [0.2, 0.25) is 6.10 Å². The molecule has 8 nitrogen and oxygen atoms in total. The first-order valence-corrected chi connectivity index (χ1v) is 10.8. The van der Waals surface area contributed by atoms with Crippen molar-refractivity contribution in [1.82, 2.24) is 9.13 Å². The van der Waals surface area contributed by atoms with E-state index in [1.807, 2.05) is 6.07 Å². The van der Waals surface area contributed by atoms with Gasteiger partial charge in [0.15, 0.2) is 0 Å². The number of fused-ring (bicyclic) bond motifs is 1. The van der Waals surface area contributed by atoms with Gasteiger partial charge >= 0.3 is 11.7 Å². The molecule has 3 aromatic carbocycles. The standard InChI is InChI=1S/C25H22ClN3O5/c1-28-19-10-6-7-11-20(19)29(25(28)32)15-22(30)34-23(16-8-4-3-5-9-16)24(31)27-17-12-13-21(33-2)18(26)14-17/h3-14,23H,15H2,1-2H3,(H,27,31). The Hall–Kier alpha value is -4.04. The van der Waals surface area contributed by atoms with Crippen molar-refractivity contribution in [3.8, 4) is 5.75 Å². The number of carbonyl (C=O) groups is 2. The molecule has 0 spiro atoms. The van der Waals surface area contributed by atoms with Crippen molar-refractivity contribution >= 4 is 40.2 Å². The first-order valence-electron chi connectivity index (χ1n) is 10.4. The number of benzene rings is 3. The van der Waals surface area contributed by atoms with Crippen LogP contribution in [0.25, 0.3) is 11.0 Å². The van der Waals surface area contributed by atoms with Crippen molar-refractivity contribution in [3.05, 3.63) is 93.9 Å². The van der Waals surface area contributed by atoms with E-state index in [2.05, 4.69) is 5.32 Å². The number of nitrogens with zero attached hydrogens (tertiary/aromatic N) is 2. The molecule has 4 aromatic rings. The van der Waals surface area contributed by atoms with Gasteiger partial charge in [-0.2, -0.15) is 0 Å². The molecule has 1 N–H and O–H groups in total. The molecular formula is C25H22ClN3O5. The number of nitrogens with one attached hydrogen (secondary N) is 1. The minimum atomic E-state index is -1.24. The summed E-state index contributed by atoms with van der Waals surface area (Å²) < 4.78 is 13.5. The lowest BCUT2D eigenvalue weighted by Gasteiger charge is -2.18. The van der Waals surface area contributed by atoms with E-state index in [0.29, 0.717) is 33.1 Å². The van der Waals surface area contributed by atoms with E-state index in [1.165, 1.54) is 22.3 Å². The number of hydrogen-bond acceptors (Lipinski definition) is 5.